The SMILES string of the molecule is O=C(NCc1cccc(OCC(F)(F)F)c1)c1ccc(CN2C(=O)c3ccccc3C2=O)cc1. The minimum Gasteiger partial charge on any atom is -0.484 e. The highest BCUT2D eigenvalue weighted by atomic mass is 19.4. The van der Waals surface area contributed by atoms with Crippen LogP contribution >= 0.6 is 0 Å². The number of carbonyl (C=O) groups excluding carboxylic acids is 3. The molecular weight excluding hydrogens is 449 g/mol. The van der Waals surface area contributed by atoms with Crippen molar-refractivity contribution in [3.63, 3.8) is 0 Å². The predicted octanol–water partition coefficient (Wildman–Crippen LogP) is 4.35. The van der Waals surface area contributed by atoms with Crippen molar-refractivity contribution in [2.45, 2.75) is 19.3 Å². The maximum Gasteiger partial charge on any atom is 0.422 e. The second-order valence-corrected chi connectivity index (χ2v) is 7.67. The van der Waals surface area contributed by atoms with Crippen molar-refractivity contribution in [1.82, 2.24) is 10.2 Å². The standard InChI is InChI=1S/C25H19F3N2O4/c26-25(27,28)15-34-19-5-3-4-17(12-19)13-29-22(31)18-10-8-16(9-11-18)14-30-23(32)20-6-1-2-7-21(20)24(30)33/h1-12H,13-15H2,(H,29,31). The molecule has 0 atom stereocenters. The van der Waals surface area contributed by atoms with Crippen LogP contribution in [-0.4, -0.2) is 35.4 Å². The molecule has 1 N–H and O–H groups in total. The second-order valence-electron chi connectivity index (χ2n) is 7.67. The van der Waals surface area contributed by atoms with E-state index in [0.29, 0.717) is 27.8 Å². The maximum absolute atomic E-state index is 12.5. The van der Waals surface area contributed by atoms with Crippen molar-refractivity contribution in [1.29, 1.82) is 0 Å². The van der Waals surface area contributed by atoms with Crippen molar-refractivity contribution < 1.29 is 32.3 Å². The largest absolute Gasteiger partial charge is 0.484 e. The molecule has 1 aliphatic rings. The first kappa shape index (κ1) is 23.0. The van der Waals surface area contributed by atoms with Gasteiger partial charge in [0.2, 0.25) is 0 Å². The molecule has 4 rings (SSSR count). The molecule has 3 aromatic rings. The molecular formula is C25H19F3N2O4. The van der Waals surface area contributed by atoms with Crippen LogP contribution in [0.15, 0.2) is 72.8 Å². The number of ether oxygens (including phenoxy) is 1. The van der Waals surface area contributed by atoms with Crippen LogP contribution in [0.4, 0.5) is 13.2 Å². The molecule has 9 heteroatoms. The topological polar surface area (TPSA) is 75.7 Å². The van der Waals surface area contributed by atoms with E-state index >= 15 is 0 Å². The van der Waals surface area contributed by atoms with Gasteiger partial charge < -0.3 is 10.1 Å². The number of fused-ring (bicyclic) bond motifs is 1. The normalized spacial score (nSPS) is 13.1. The van der Waals surface area contributed by atoms with Crippen molar-refractivity contribution >= 4 is 17.7 Å². The smallest absolute Gasteiger partial charge is 0.422 e. The third kappa shape index (κ3) is 5.25. The number of imide groups is 1. The molecule has 0 spiro atoms. The summed E-state index contributed by atoms with van der Waals surface area (Å²) in [5.74, 6) is -1.04. The molecule has 0 radical (unpaired) electrons. The summed E-state index contributed by atoms with van der Waals surface area (Å²) in [6, 6.07) is 19.1. The first-order valence-electron chi connectivity index (χ1n) is 10.3. The van der Waals surface area contributed by atoms with Gasteiger partial charge in [-0.3, -0.25) is 19.3 Å². The minimum atomic E-state index is -4.43. The Kier molecular flexibility index (Phi) is 6.36. The molecule has 0 aliphatic carbocycles. The number of nitrogens with zero attached hydrogens (tertiary/aromatic N) is 1. The number of carbonyl (C=O) groups is 3. The highest BCUT2D eigenvalue weighted by Gasteiger charge is 2.35. The Hall–Kier alpha value is -4.14. The van der Waals surface area contributed by atoms with Crippen LogP contribution in [0.25, 0.3) is 0 Å². The number of benzene rings is 3. The number of amides is 3. The Bertz CT molecular complexity index is 1200. The summed E-state index contributed by atoms with van der Waals surface area (Å²) in [5.41, 5.74) is 2.36. The average molecular weight is 468 g/mol. The Labute approximate surface area is 192 Å². The molecule has 0 fully saturated rings. The summed E-state index contributed by atoms with van der Waals surface area (Å²) < 4.78 is 41.6. The van der Waals surface area contributed by atoms with Crippen molar-refractivity contribution in [2.24, 2.45) is 0 Å². The zero-order valence-corrected chi connectivity index (χ0v) is 17.8. The van der Waals surface area contributed by atoms with Crippen LogP contribution in [0.1, 0.15) is 42.2 Å². The fraction of sp³-hybridized carbons (Fsp3) is 0.160. The van der Waals surface area contributed by atoms with Crippen molar-refractivity contribution in [3.05, 3.63) is 101 Å². The molecule has 0 bridgehead atoms. The number of rotatable bonds is 7. The van der Waals surface area contributed by atoms with Gasteiger partial charge in [0.05, 0.1) is 17.7 Å². The maximum atomic E-state index is 12.5. The van der Waals surface area contributed by atoms with Gasteiger partial charge in [-0.05, 0) is 47.5 Å². The summed E-state index contributed by atoms with van der Waals surface area (Å²) in [6.07, 6.45) is -4.43. The zero-order chi connectivity index (χ0) is 24.3. The predicted molar refractivity (Wildman–Crippen MR) is 116 cm³/mol. The van der Waals surface area contributed by atoms with E-state index in [4.69, 9.17) is 4.74 Å². The van der Waals surface area contributed by atoms with E-state index in [-0.39, 0.29) is 36.6 Å². The highest BCUT2D eigenvalue weighted by Crippen LogP contribution is 2.24. The molecule has 6 nitrogen and oxygen atoms in total. The lowest BCUT2D eigenvalue weighted by molar-refractivity contribution is -0.153. The van der Waals surface area contributed by atoms with Gasteiger partial charge in [0, 0.05) is 12.1 Å². The van der Waals surface area contributed by atoms with Gasteiger partial charge in [-0.2, -0.15) is 13.2 Å². The van der Waals surface area contributed by atoms with Crippen LogP contribution in [0.3, 0.4) is 0 Å². The Morgan fingerprint density at radius 2 is 1.50 bits per heavy atom. The van der Waals surface area contributed by atoms with Crippen LogP contribution in [0, 0.1) is 0 Å². The van der Waals surface area contributed by atoms with E-state index < -0.39 is 12.8 Å². The van der Waals surface area contributed by atoms with E-state index in [0.717, 1.165) is 4.90 Å². The quantitative estimate of drug-likeness (QED) is 0.523. The second kappa shape index (κ2) is 9.38. The Morgan fingerprint density at radius 3 is 2.12 bits per heavy atom. The molecule has 0 saturated carbocycles. The Morgan fingerprint density at radius 1 is 0.853 bits per heavy atom. The molecule has 0 unspecified atom stereocenters. The van der Waals surface area contributed by atoms with Crippen LogP contribution in [-0.2, 0) is 13.1 Å². The van der Waals surface area contributed by atoms with Crippen LogP contribution in [0.2, 0.25) is 0 Å². The number of nitrogens with one attached hydrogen (secondary N) is 1. The number of halogens is 3. The lowest BCUT2D eigenvalue weighted by atomic mass is 10.1. The fourth-order valence-electron chi connectivity index (χ4n) is 3.52. The number of hydrogen-bond donors (Lipinski definition) is 1. The molecule has 1 heterocycles. The fourth-order valence-corrected chi connectivity index (χ4v) is 3.52. The van der Waals surface area contributed by atoms with E-state index in [1.54, 1.807) is 60.7 Å². The van der Waals surface area contributed by atoms with Crippen LogP contribution in [0.5, 0.6) is 5.75 Å². The highest BCUT2D eigenvalue weighted by molar-refractivity contribution is 6.21. The van der Waals surface area contributed by atoms with Gasteiger partial charge in [-0.25, -0.2) is 0 Å². The monoisotopic (exact) mass is 468 g/mol. The lowest BCUT2D eigenvalue weighted by Gasteiger charge is -2.14. The summed E-state index contributed by atoms with van der Waals surface area (Å²) in [6.45, 7) is -1.21. The first-order chi connectivity index (χ1) is 16.2. The van der Waals surface area contributed by atoms with Gasteiger partial charge in [0.1, 0.15) is 5.75 Å². The van der Waals surface area contributed by atoms with Crippen molar-refractivity contribution in [2.75, 3.05) is 6.61 Å². The molecule has 0 aromatic heterocycles. The van der Waals surface area contributed by atoms with E-state index in [2.05, 4.69) is 5.32 Å². The first-order valence-corrected chi connectivity index (χ1v) is 10.3. The van der Waals surface area contributed by atoms with Gasteiger partial charge in [-0.1, -0.05) is 36.4 Å². The van der Waals surface area contributed by atoms with Crippen LogP contribution < -0.4 is 10.1 Å². The summed E-state index contributed by atoms with van der Waals surface area (Å²) in [4.78, 5) is 38.6. The molecule has 0 saturated heterocycles. The van der Waals surface area contributed by atoms with E-state index in [1.807, 2.05) is 0 Å². The van der Waals surface area contributed by atoms with Gasteiger partial charge >= 0.3 is 6.18 Å². The van der Waals surface area contributed by atoms with Crippen molar-refractivity contribution in [3.8, 4) is 5.75 Å². The lowest BCUT2D eigenvalue weighted by Crippen LogP contribution is -2.29. The molecule has 3 aromatic carbocycles. The third-order valence-corrected chi connectivity index (χ3v) is 5.19. The molecule has 3 amide bonds. The van der Waals surface area contributed by atoms with Gasteiger partial charge in [0.25, 0.3) is 17.7 Å². The van der Waals surface area contributed by atoms with Gasteiger partial charge in [-0.15, -0.1) is 0 Å². The molecule has 174 valence electrons. The Balaban J connectivity index is 1.34. The van der Waals surface area contributed by atoms with Gasteiger partial charge in [0.15, 0.2) is 6.61 Å². The molecule has 1 aliphatic heterocycles. The number of alkyl halides is 3. The van der Waals surface area contributed by atoms with E-state index in [1.165, 1.54) is 12.1 Å². The summed E-state index contributed by atoms with van der Waals surface area (Å²) in [5, 5.41) is 2.70. The summed E-state index contributed by atoms with van der Waals surface area (Å²) in [7, 11) is 0. The average Bonchev–Trinajstić information content (AvgIpc) is 3.06. The summed E-state index contributed by atoms with van der Waals surface area (Å²) >= 11 is 0. The number of hydrogen-bond acceptors (Lipinski definition) is 4. The minimum absolute atomic E-state index is 0.0570. The van der Waals surface area contributed by atoms with E-state index in [9.17, 15) is 27.6 Å². The molecule has 34 heavy (non-hydrogen) atoms. The zero-order valence-electron chi connectivity index (χ0n) is 17.8. The third-order valence-electron chi connectivity index (χ3n) is 5.19.